The third-order valence-corrected chi connectivity index (χ3v) is 5.22. The summed E-state index contributed by atoms with van der Waals surface area (Å²) < 4.78 is 8.46. The Morgan fingerprint density at radius 3 is 3.35 bits per heavy atom. The average Bonchev–Trinajstić information content (AvgIpc) is 2.98. The van der Waals surface area contributed by atoms with E-state index < -0.39 is 0 Å². The molecule has 1 aromatic heterocycles. The first-order chi connectivity index (χ1) is 8.33. The fourth-order valence-corrected chi connectivity index (χ4v) is 4.43. The molecule has 2 unspecified atom stereocenters. The van der Waals surface area contributed by atoms with E-state index in [0.717, 1.165) is 19.4 Å². The van der Waals surface area contributed by atoms with E-state index in [2.05, 4.69) is 22.7 Å². The van der Waals surface area contributed by atoms with Gasteiger partial charge in [-0.2, -0.15) is 11.8 Å². The molecule has 2 atom stereocenters. The topological polar surface area (TPSA) is 27.1 Å². The summed E-state index contributed by atoms with van der Waals surface area (Å²) in [7, 11) is 0. The average molecular weight is 252 g/mol. The molecule has 2 aliphatic rings. The van der Waals surface area contributed by atoms with Gasteiger partial charge in [0, 0.05) is 37.2 Å². The highest BCUT2D eigenvalue weighted by Crippen LogP contribution is 2.42. The van der Waals surface area contributed by atoms with Crippen LogP contribution in [-0.2, 0) is 11.2 Å². The number of aryl methyl sites for hydroxylation is 1. The number of imidazole rings is 1. The van der Waals surface area contributed by atoms with Crippen LogP contribution in [0.2, 0.25) is 0 Å². The van der Waals surface area contributed by atoms with E-state index in [0.29, 0.717) is 6.04 Å². The molecule has 4 heteroatoms. The minimum Gasteiger partial charge on any atom is -0.374 e. The maximum Gasteiger partial charge on any atom is 0.108 e. The summed E-state index contributed by atoms with van der Waals surface area (Å²) in [6, 6.07) is 0.597. The summed E-state index contributed by atoms with van der Waals surface area (Å²) in [5, 5.41) is 0. The summed E-state index contributed by atoms with van der Waals surface area (Å²) >= 11 is 2.04. The molecule has 0 radical (unpaired) electrons. The van der Waals surface area contributed by atoms with E-state index in [1.54, 1.807) is 0 Å². The van der Waals surface area contributed by atoms with Crippen molar-refractivity contribution in [3.05, 3.63) is 18.2 Å². The molecular formula is C13H20N2OS. The van der Waals surface area contributed by atoms with Gasteiger partial charge >= 0.3 is 0 Å². The quantitative estimate of drug-likeness (QED) is 0.809. The lowest BCUT2D eigenvalue weighted by atomic mass is 9.89. The van der Waals surface area contributed by atoms with Gasteiger partial charge in [-0.3, -0.25) is 0 Å². The molecule has 1 spiro atoms. The molecule has 0 aromatic carbocycles. The molecule has 17 heavy (non-hydrogen) atoms. The molecule has 2 saturated heterocycles. The van der Waals surface area contributed by atoms with Crippen molar-refractivity contribution in [1.82, 2.24) is 9.55 Å². The summed E-state index contributed by atoms with van der Waals surface area (Å²) in [5.41, 5.74) is 0.170. The van der Waals surface area contributed by atoms with Crippen LogP contribution in [0, 0.1) is 0 Å². The molecule has 0 bridgehead atoms. The zero-order valence-corrected chi connectivity index (χ0v) is 11.2. The van der Waals surface area contributed by atoms with Gasteiger partial charge in [-0.15, -0.1) is 0 Å². The Labute approximate surface area is 107 Å². The number of rotatable bonds is 2. The van der Waals surface area contributed by atoms with E-state index >= 15 is 0 Å². The largest absolute Gasteiger partial charge is 0.374 e. The van der Waals surface area contributed by atoms with Crippen LogP contribution in [0.4, 0.5) is 0 Å². The first kappa shape index (κ1) is 11.6. The monoisotopic (exact) mass is 252 g/mol. The van der Waals surface area contributed by atoms with Crippen LogP contribution in [0.15, 0.2) is 12.4 Å². The second-order valence-corrected chi connectivity index (χ2v) is 6.19. The van der Waals surface area contributed by atoms with Gasteiger partial charge in [0.05, 0.1) is 5.60 Å². The molecule has 3 nitrogen and oxygen atoms in total. The van der Waals surface area contributed by atoms with Crippen LogP contribution < -0.4 is 0 Å². The van der Waals surface area contributed by atoms with Crippen molar-refractivity contribution in [1.29, 1.82) is 0 Å². The van der Waals surface area contributed by atoms with Crippen molar-refractivity contribution in [3.63, 3.8) is 0 Å². The van der Waals surface area contributed by atoms with Gasteiger partial charge in [0.15, 0.2) is 0 Å². The van der Waals surface area contributed by atoms with Gasteiger partial charge in [0.1, 0.15) is 5.82 Å². The van der Waals surface area contributed by atoms with E-state index in [-0.39, 0.29) is 5.60 Å². The molecule has 1 aromatic rings. The molecule has 0 N–H and O–H groups in total. The number of hydrogen-bond acceptors (Lipinski definition) is 3. The third kappa shape index (κ3) is 2.13. The van der Waals surface area contributed by atoms with Gasteiger partial charge in [-0.25, -0.2) is 4.98 Å². The molecule has 0 aliphatic carbocycles. The van der Waals surface area contributed by atoms with Crippen molar-refractivity contribution in [3.8, 4) is 0 Å². The molecular weight excluding hydrogens is 232 g/mol. The number of aromatic nitrogens is 2. The normalized spacial score (nSPS) is 33.4. The minimum atomic E-state index is 0.170. The fourth-order valence-electron chi connectivity index (χ4n) is 3.05. The highest BCUT2D eigenvalue weighted by atomic mass is 32.2. The summed E-state index contributed by atoms with van der Waals surface area (Å²) in [5.74, 6) is 3.66. The SMILES string of the molecule is CCc1nccn1C1CCOC2(CCSC2)C1. The molecule has 3 heterocycles. The smallest absolute Gasteiger partial charge is 0.108 e. The van der Waals surface area contributed by atoms with Gasteiger partial charge in [0.25, 0.3) is 0 Å². The summed E-state index contributed by atoms with van der Waals surface area (Å²) in [6.07, 6.45) is 8.63. The first-order valence-electron chi connectivity index (χ1n) is 6.56. The predicted molar refractivity (Wildman–Crippen MR) is 70.5 cm³/mol. The van der Waals surface area contributed by atoms with Crippen molar-refractivity contribution in [2.45, 2.75) is 44.2 Å². The van der Waals surface area contributed by atoms with Gasteiger partial charge in [0.2, 0.25) is 0 Å². The molecule has 2 aliphatic heterocycles. The van der Waals surface area contributed by atoms with Crippen LogP contribution >= 0.6 is 11.8 Å². The molecule has 94 valence electrons. The van der Waals surface area contributed by atoms with Crippen LogP contribution in [-0.4, -0.2) is 33.3 Å². The van der Waals surface area contributed by atoms with Crippen molar-refractivity contribution in [2.24, 2.45) is 0 Å². The lowest BCUT2D eigenvalue weighted by molar-refractivity contribution is -0.0765. The highest BCUT2D eigenvalue weighted by molar-refractivity contribution is 7.99. The molecule has 0 amide bonds. The second kappa shape index (κ2) is 4.65. The van der Waals surface area contributed by atoms with Crippen LogP contribution in [0.3, 0.4) is 0 Å². The second-order valence-electron chi connectivity index (χ2n) is 5.08. The Bertz CT molecular complexity index is 385. The Balaban J connectivity index is 1.79. The Kier molecular flexibility index (Phi) is 3.17. The Morgan fingerprint density at radius 2 is 2.59 bits per heavy atom. The zero-order chi connectivity index (χ0) is 11.7. The van der Waals surface area contributed by atoms with Gasteiger partial charge < -0.3 is 9.30 Å². The summed E-state index contributed by atoms with van der Waals surface area (Å²) in [4.78, 5) is 4.44. The number of hydrogen-bond donors (Lipinski definition) is 0. The minimum absolute atomic E-state index is 0.170. The maximum absolute atomic E-state index is 6.07. The molecule has 0 saturated carbocycles. The Morgan fingerprint density at radius 1 is 1.65 bits per heavy atom. The van der Waals surface area contributed by atoms with Crippen molar-refractivity contribution in [2.75, 3.05) is 18.1 Å². The van der Waals surface area contributed by atoms with Crippen LogP contribution in [0.1, 0.15) is 38.1 Å². The van der Waals surface area contributed by atoms with Gasteiger partial charge in [-0.05, 0) is 25.0 Å². The Hall–Kier alpha value is -0.480. The number of ether oxygens (including phenoxy) is 1. The van der Waals surface area contributed by atoms with E-state index in [4.69, 9.17) is 4.74 Å². The van der Waals surface area contributed by atoms with Crippen LogP contribution in [0.25, 0.3) is 0 Å². The molecule has 2 fully saturated rings. The van der Waals surface area contributed by atoms with E-state index in [1.165, 1.54) is 30.2 Å². The van der Waals surface area contributed by atoms with E-state index in [9.17, 15) is 0 Å². The van der Waals surface area contributed by atoms with E-state index in [1.807, 2.05) is 18.0 Å². The maximum atomic E-state index is 6.07. The standard InChI is InChI=1S/C13H20N2OS/c1-2-12-14-5-6-15(12)11-3-7-16-13(9-11)4-8-17-10-13/h5-6,11H,2-4,7-10H2,1H3. The fraction of sp³-hybridized carbons (Fsp3) is 0.769. The van der Waals surface area contributed by atoms with Crippen molar-refractivity contribution >= 4 is 11.8 Å². The van der Waals surface area contributed by atoms with Gasteiger partial charge in [-0.1, -0.05) is 6.92 Å². The summed E-state index contributed by atoms with van der Waals surface area (Å²) in [6.45, 7) is 3.09. The van der Waals surface area contributed by atoms with Crippen molar-refractivity contribution < 1.29 is 4.74 Å². The predicted octanol–water partition coefficient (Wildman–Crippen LogP) is 2.67. The first-order valence-corrected chi connectivity index (χ1v) is 7.72. The zero-order valence-electron chi connectivity index (χ0n) is 10.4. The number of nitrogens with zero attached hydrogens (tertiary/aromatic N) is 2. The lowest BCUT2D eigenvalue weighted by Crippen LogP contribution is -2.40. The highest BCUT2D eigenvalue weighted by Gasteiger charge is 2.41. The van der Waals surface area contributed by atoms with Crippen LogP contribution in [0.5, 0.6) is 0 Å². The third-order valence-electron chi connectivity index (χ3n) is 3.99. The lowest BCUT2D eigenvalue weighted by Gasteiger charge is -2.38. The molecule has 3 rings (SSSR count). The number of thioether (sulfide) groups is 1.